The zero-order valence-electron chi connectivity index (χ0n) is 19.6. The quantitative estimate of drug-likeness (QED) is 0.167. The first-order valence-electron chi connectivity index (χ1n) is 10.8. The average Bonchev–Trinajstić information content (AvgIpc) is 3.16. The van der Waals surface area contributed by atoms with E-state index in [-0.39, 0.29) is 6.54 Å². The number of benzene rings is 3. The number of rotatable bonds is 5. The molecule has 0 aliphatic rings. The second-order valence-corrected chi connectivity index (χ2v) is 9.90. The van der Waals surface area contributed by atoms with Crippen molar-refractivity contribution in [2.45, 2.75) is 24.7 Å². The van der Waals surface area contributed by atoms with Crippen molar-refractivity contribution in [1.82, 2.24) is 0 Å². The Morgan fingerprint density at radius 1 is 0.821 bits per heavy atom. The maximum atomic E-state index is 13.4. The number of hydrogen-bond acceptors (Lipinski definition) is 5. The lowest BCUT2D eigenvalue weighted by molar-refractivity contribution is -0.701. The van der Waals surface area contributed by atoms with Crippen LogP contribution in [0.25, 0.3) is 11.3 Å². The highest BCUT2D eigenvalue weighted by Gasteiger charge is 2.50. The smallest absolute Gasteiger partial charge is 0.517 e. The molecule has 0 saturated heterocycles. The van der Waals surface area contributed by atoms with Crippen LogP contribution >= 0.6 is 11.6 Å². The molecule has 4 rings (SSSR count). The minimum Gasteiger partial charge on any atom is -0.748 e. The van der Waals surface area contributed by atoms with Gasteiger partial charge in [-0.05, 0) is 29.8 Å². The summed E-state index contributed by atoms with van der Waals surface area (Å²) < 4.78 is 116. The van der Waals surface area contributed by atoms with E-state index in [1.807, 2.05) is 0 Å². The van der Waals surface area contributed by atoms with Crippen LogP contribution in [-0.4, -0.2) is 13.0 Å². The van der Waals surface area contributed by atoms with E-state index in [2.05, 4.69) is 4.42 Å². The molecule has 1 heterocycles. The van der Waals surface area contributed by atoms with Crippen LogP contribution in [0.15, 0.2) is 83.3 Å². The van der Waals surface area contributed by atoms with E-state index < -0.39 is 56.8 Å². The van der Waals surface area contributed by atoms with Gasteiger partial charge in [0, 0.05) is 10.6 Å². The molecule has 0 radical (unpaired) electrons. The second-order valence-electron chi connectivity index (χ2n) is 8.06. The van der Waals surface area contributed by atoms with Gasteiger partial charge in [-0.25, -0.2) is 8.42 Å². The third-order valence-corrected chi connectivity index (χ3v) is 6.06. The summed E-state index contributed by atoms with van der Waals surface area (Å²) in [7, 11) is -4.18. The minimum atomic E-state index is -4.94. The number of nitrogen functional groups attached to an aromatic ring is 1. The molecule has 4 aromatic rings. The molecule has 14 heteroatoms. The number of alkyl halides is 6. The number of nitrogens with two attached hydrogens (primary N) is 1. The monoisotopic (exact) mass is 592 g/mol. The predicted octanol–water partition coefficient (Wildman–Crippen LogP) is 6.29. The lowest BCUT2D eigenvalue weighted by Crippen LogP contribution is -2.42. The van der Waals surface area contributed by atoms with Gasteiger partial charge < -0.3 is 14.7 Å². The molecule has 0 spiro atoms. The summed E-state index contributed by atoms with van der Waals surface area (Å²) in [5.41, 5.74) is 4.41. The van der Waals surface area contributed by atoms with Crippen molar-refractivity contribution in [3.8, 4) is 11.3 Å². The Balaban J connectivity index is 0.000000293. The predicted molar refractivity (Wildman–Crippen MR) is 129 cm³/mol. The molecule has 208 valence electrons. The Kier molecular flexibility index (Phi) is 8.98. The molecule has 0 amide bonds. The van der Waals surface area contributed by atoms with Crippen LogP contribution in [-0.2, 0) is 34.8 Å². The van der Waals surface area contributed by atoms with Gasteiger partial charge in [0.1, 0.15) is 0 Å². The molecule has 6 nitrogen and oxygen atoms in total. The standard InChI is InChI=1S/C18H13F6N2O.C7H7ClO3S/c19-17(20,21)13-9-5-4-8-12(13)14-15(25)27-16(18(22,23)24)26(14)10-11-6-2-1-3-7-11;8-7-3-1-6(2-4-7)5-12(9,10)11/h1-9H,10,25H2;1-4H,5H2,(H,9,10,11)/q+1;/p-1. The van der Waals surface area contributed by atoms with Crippen molar-refractivity contribution in [3.63, 3.8) is 0 Å². The summed E-state index contributed by atoms with van der Waals surface area (Å²) in [4.78, 5) is 0. The summed E-state index contributed by atoms with van der Waals surface area (Å²) in [6.45, 7) is -0.363. The molecule has 2 N–H and O–H groups in total. The van der Waals surface area contributed by atoms with Gasteiger partial charge in [-0.3, -0.25) is 0 Å². The Labute approximate surface area is 224 Å². The number of nitrogens with zero attached hydrogens (tertiary/aromatic N) is 1. The molecule has 0 aliphatic carbocycles. The van der Waals surface area contributed by atoms with Gasteiger partial charge in [-0.15, -0.1) is 4.57 Å². The van der Waals surface area contributed by atoms with Gasteiger partial charge in [0.25, 0.3) is 11.6 Å². The van der Waals surface area contributed by atoms with E-state index in [1.54, 1.807) is 42.5 Å². The van der Waals surface area contributed by atoms with Crippen LogP contribution in [0.2, 0.25) is 5.02 Å². The lowest BCUT2D eigenvalue weighted by atomic mass is 10.0. The fourth-order valence-corrected chi connectivity index (χ4v) is 4.30. The number of aromatic nitrogens is 1. The van der Waals surface area contributed by atoms with Crippen molar-refractivity contribution in [1.29, 1.82) is 0 Å². The van der Waals surface area contributed by atoms with E-state index in [0.717, 1.165) is 18.2 Å². The minimum absolute atomic E-state index is 0.363. The highest BCUT2D eigenvalue weighted by atomic mass is 35.5. The van der Waals surface area contributed by atoms with Gasteiger partial charge >= 0.3 is 18.2 Å². The summed E-state index contributed by atoms with van der Waals surface area (Å²) in [5, 5.41) is 0.516. The molecule has 0 fully saturated rings. The number of hydrogen-bond donors (Lipinski definition) is 1. The van der Waals surface area contributed by atoms with Crippen molar-refractivity contribution < 1.29 is 48.3 Å². The highest BCUT2D eigenvalue weighted by molar-refractivity contribution is 7.84. The normalized spacial score (nSPS) is 12.1. The number of oxazole rings is 1. The number of halogens is 7. The second kappa shape index (κ2) is 11.7. The Morgan fingerprint density at radius 3 is 1.92 bits per heavy atom. The van der Waals surface area contributed by atoms with Crippen LogP contribution in [0.3, 0.4) is 0 Å². The average molecular weight is 593 g/mol. The lowest BCUT2D eigenvalue weighted by Gasteiger charge is -2.10. The van der Waals surface area contributed by atoms with Crippen LogP contribution in [0, 0.1) is 0 Å². The van der Waals surface area contributed by atoms with Gasteiger partial charge in [-0.2, -0.15) is 26.3 Å². The van der Waals surface area contributed by atoms with E-state index in [9.17, 15) is 39.3 Å². The van der Waals surface area contributed by atoms with E-state index in [4.69, 9.17) is 17.3 Å². The van der Waals surface area contributed by atoms with Gasteiger partial charge in [0.15, 0.2) is 6.54 Å². The third kappa shape index (κ3) is 8.22. The summed E-state index contributed by atoms with van der Waals surface area (Å²) in [5.74, 6) is -2.70. The number of anilines is 1. The topological polar surface area (TPSA) is 100 Å². The van der Waals surface area contributed by atoms with Crippen molar-refractivity contribution in [2.75, 3.05) is 5.73 Å². The Morgan fingerprint density at radius 2 is 1.38 bits per heavy atom. The Hall–Kier alpha value is -3.55. The molecule has 3 aromatic carbocycles. The maximum Gasteiger partial charge on any atom is 0.517 e. The molecule has 0 atom stereocenters. The molecule has 39 heavy (non-hydrogen) atoms. The molecule has 0 unspecified atom stereocenters. The van der Waals surface area contributed by atoms with Crippen molar-refractivity contribution >= 4 is 27.6 Å². The molecule has 0 aliphatic heterocycles. The van der Waals surface area contributed by atoms with Crippen molar-refractivity contribution in [2.24, 2.45) is 0 Å². The van der Waals surface area contributed by atoms with Crippen LogP contribution in [0.4, 0.5) is 32.2 Å². The van der Waals surface area contributed by atoms with Gasteiger partial charge in [-0.1, -0.05) is 66.2 Å². The van der Waals surface area contributed by atoms with Crippen LogP contribution in [0.1, 0.15) is 22.6 Å². The molecule has 1 aromatic heterocycles. The van der Waals surface area contributed by atoms with Gasteiger partial charge in [0.05, 0.1) is 27.0 Å². The summed E-state index contributed by atoms with van der Waals surface area (Å²) in [6.07, 6.45) is -9.71. The first kappa shape index (κ1) is 30.0. The first-order chi connectivity index (χ1) is 18.1. The fraction of sp³-hybridized carbons (Fsp3) is 0.160. The summed E-state index contributed by atoms with van der Waals surface area (Å²) >= 11 is 5.56. The molecule has 0 saturated carbocycles. The van der Waals surface area contributed by atoms with Crippen LogP contribution < -0.4 is 10.3 Å². The van der Waals surface area contributed by atoms with Gasteiger partial charge in [0.2, 0.25) is 0 Å². The van der Waals surface area contributed by atoms with E-state index >= 15 is 0 Å². The highest BCUT2D eigenvalue weighted by Crippen LogP contribution is 2.40. The summed E-state index contributed by atoms with van der Waals surface area (Å²) in [6, 6.07) is 18.4. The van der Waals surface area contributed by atoms with Crippen molar-refractivity contribution in [3.05, 3.63) is 106 Å². The van der Waals surface area contributed by atoms with E-state index in [0.29, 0.717) is 20.7 Å². The zero-order valence-corrected chi connectivity index (χ0v) is 21.2. The largest absolute Gasteiger partial charge is 0.748 e. The Bertz CT molecular complexity index is 1520. The first-order valence-corrected chi connectivity index (χ1v) is 12.8. The van der Waals surface area contributed by atoms with Crippen LogP contribution in [0.5, 0.6) is 0 Å². The SMILES string of the molecule is Nc1oc(C(F)(F)F)[n+](Cc2ccccc2)c1-c1ccccc1C(F)(F)F.O=S(=O)([O-])Cc1ccc(Cl)cc1. The van der Waals surface area contributed by atoms with E-state index in [1.165, 1.54) is 18.2 Å². The molecular formula is C25H19ClF6N2O4S. The maximum absolute atomic E-state index is 13.4. The zero-order chi connectivity index (χ0) is 29.0. The fourth-order valence-electron chi connectivity index (χ4n) is 3.57. The third-order valence-electron chi connectivity index (χ3n) is 5.13. The molecular weight excluding hydrogens is 574 g/mol. The molecule has 0 bridgehead atoms.